The smallest absolute Gasteiger partial charge is 0.312 e. The topological polar surface area (TPSA) is 256 Å². The van der Waals surface area contributed by atoms with E-state index < -0.39 is 52.7 Å². The van der Waals surface area contributed by atoms with Crippen LogP contribution in [0.1, 0.15) is 77.1 Å². The Labute approximate surface area is 449 Å². The molecule has 2 aromatic carbocycles. The Morgan fingerprint density at radius 1 is 0.675 bits per heavy atom. The summed E-state index contributed by atoms with van der Waals surface area (Å²) < 4.78 is 93.7. The third-order valence-corrected chi connectivity index (χ3v) is 17.8. The van der Waals surface area contributed by atoms with Crippen LogP contribution >= 0.6 is 0 Å². The number of aryl methyl sites for hydroxylation is 2. The molecule has 4 aromatic heterocycles. The molecule has 2 saturated carbocycles. The van der Waals surface area contributed by atoms with E-state index in [1.807, 2.05) is 27.7 Å². The van der Waals surface area contributed by atoms with Crippen LogP contribution in [0, 0.1) is 37.5 Å². The van der Waals surface area contributed by atoms with Crippen molar-refractivity contribution in [2.45, 2.75) is 108 Å². The number of nitrogens with one attached hydrogen (secondary N) is 1. The average molecular weight is 1120 g/mol. The van der Waals surface area contributed by atoms with Gasteiger partial charge in [-0.15, -0.1) is 0 Å². The van der Waals surface area contributed by atoms with E-state index in [0.717, 1.165) is 31.9 Å². The van der Waals surface area contributed by atoms with Gasteiger partial charge in [0.25, 0.3) is 20.0 Å². The first kappa shape index (κ1) is 57.2. The summed E-state index contributed by atoms with van der Waals surface area (Å²) in [6, 6.07) is 16.4. The molecule has 23 heteroatoms. The fraction of sp³-hybridized carbons (Fsp3) is 0.481. The maximum absolute atomic E-state index is 13.0. The highest BCUT2D eigenvalue weighted by atomic mass is 32.2. The Morgan fingerprint density at radius 2 is 1.13 bits per heavy atom. The van der Waals surface area contributed by atoms with Crippen molar-refractivity contribution in [2.24, 2.45) is 23.7 Å². The molecule has 2 spiro atoms. The number of nitrogens with zero attached hydrogens (tertiary/aromatic N) is 6. The molecule has 4 fully saturated rings. The molecule has 1 N–H and O–H groups in total. The van der Waals surface area contributed by atoms with Crippen molar-refractivity contribution in [1.82, 2.24) is 27.9 Å². The van der Waals surface area contributed by atoms with E-state index in [1.54, 1.807) is 93.9 Å². The summed E-state index contributed by atoms with van der Waals surface area (Å²) in [5.41, 5.74) is 3.04. The summed E-state index contributed by atoms with van der Waals surface area (Å²) in [4.78, 5) is 54.5. The molecular weight excluding hydrogens is 1050 g/mol. The summed E-state index contributed by atoms with van der Waals surface area (Å²) in [7, 11) is -9.69. The SMILES string of the molecule is C[C@@H]1CC2(C[C@@H]1C(=O)C=S(C)(C)=O)OCCO2.Cc1ccc(S(=O)(=O)n2ccc3nc(CC(=O)OC(C)(C)C)cnc32)cc1.Cc1ccc(S(=O)(=O)n2ccc3nc(NCC(=O)[C@H]4CC5(C[C@H]4C)OCCO5)cnc32)cc1. The number of carbonyl (C=O) groups is 3. The van der Waals surface area contributed by atoms with Crippen LogP contribution in [0.25, 0.3) is 22.3 Å². The molecule has 10 rings (SSSR count). The fourth-order valence-corrected chi connectivity index (χ4v) is 13.3. The predicted octanol–water partition coefficient (Wildman–Crippen LogP) is 6.30. The van der Waals surface area contributed by atoms with Gasteiger partial charge in [-0.3, -0.25) is 18.6 Å². The third-order valence-electron chi connectivity index (χ3n) is 13.6. The number of anilines is 1. The summed E-state index contributed by atoms with van der Waals surface area (Å²) in [5.74, 6) is -0.978. The van der Waals surface area contributed by atoms with Crippen molar-refractivity contribution < 1.29 is 59.1 Å². The standard InChI is InChI=1S/C23H26N4O5S.C19H21N3O4S.C12H20O4S/c1-15-3-5-17(6-4-15)33(29,30)27-8-7-19-22(27)25-14-21(26-19)24-13-20(28)18-12-23(11-16(18)2)31-9-10-32-23;1-13-5-7-15(8-6-13)27(24,25)22-10-9-16-18(22)20-12-14(21-16)11-17(23)26-19(2,3)4;1-9-6-12(15-4-5-16-12)7-10(9)11(13)8-17(2,3)14/h3-8,14,16,18H,9-13H2,1-2H3,(H,24,26);5-10,12H,11H2,1-4H3;8-10H,4-7H2,1-3H3/t16-,18+;;9-,10+/m1.1/s1. The molecular formula is C54H67N7O13S3. The van der Waals surface area contributed by atoms with Crippen molar-refractivity contribution in [3.8, 4) is 0 Å². The summed E-state index contributed by atoms with van der Waals surface area (Å²) in [5, 5.41) is 4.41. The Kier molecular flexibility index (Phi) is 16.7. The van der Waals surface area contributed by atoms with Crippen molar-refractivity contribution in [2.75, 3.05) is 50.8 Å². The van der Waals surface area contributed by atoms with E-state index in [1.165, 1.54) is 30.2 Å². The molecule has 20 nitrogen and oxygen atoms in total. The highest BCUT2D eigenvalue weighted by Gasteiger charge is 2.51. The quantitative estimate of drug-likeness (QED) is 0.104. The molecule has 77 heavy (non-hydrogen) atoms. The maximum atomic E-state index is 13.0. The van der Waals surface area contributed by atoms with E-state index in [0.29, 0.717) is 61.8 Å². The van der Waals surface area contributed by atoms with Crippen LogP contribution < -0.4 is 5.32 Å². The van der Waals surface area contributed by atoms with Crippen molar-refractivity contribution in [3.05, 3.63) is 102 Å². The third kappa shape index (κ3) is 13.5. The molecule has 0 radical (unpaired) electrons. The minimum Gasteiger partial charge on any atom is -0.460 e. The molecule has 0 unspecified atom stereocenters. The van der Waals surface area contributed by atoms with Crippen LogP contribution in [0.3, 0.4) is 0 Å². The number of Topliss-reactive ketones (excluding diaryl/α,β-unsaturated/α-hetero) is 2. The van der Waals surface area contributed by atoms with Gasteiger partial charge in [-0.05, 0) is 92.4 Å². The number of ether oxygens (including phenoxy) is 5. The molecule has 4 aliphatic rings. The maximum Gasteiger partial charge on any atom is 0.312 e. The zero-order valence-electron chi connectivity index (χ0n) is 44.8. The highest BCUT2D eigenvalue weighted by Crippen LogP contribution is 2.46. The Bertz CT molecular complexity index is 3510. The lowest BCUT2D eigenvalue weighted by Crippen LogP contribution is -2.29. The van der Waals surface area contributed by atoms with Gasteiger partial charge < -0.3 is 29.0 Å². The van der Waals surface area contributed by atoms with Gasteiger partial charge in [0.05, 0.1) is 67.3 Å². The Hall–Kier alpha value is -5.95. The van der Waals surface area contributed by atoms with Gasteiger partial charge in [-0.25, -0.2) is 44.7 Å². The molecule has 0 bridgehead atoms. The second-order valence-electron chi connectivity index (χ2n) is 21.5. The first-order valence-electron chi connectivity index (χ1n) is 25.3. The van der Waals surface area contributed by atoms with Crippen LogP contribution in [0.2, 0.25) is 0 Å². The molecule has 6 heterocycles. The van der Waals surface area contributed by atoms with Crippen molar-refractivity contribution >= 4 is 80.6 Å². The predicted molar refractivity (Wildman–Crippen MR) is 290 cm³/mol. The van der Waals surface area contributed by atoms with Gasteiger partial charge in [-0.2, -0.15) is 0 Å². The Morgan fingerprint density at radius 3 is 1.61 bits per heavy atom. The molecule has 6 aromatic rings. The Balaban J connectivity index is 0.000000161. The van der Waals surface area contributed by atoms with Crippen LogP contribution in [0.4, 0.5) is 5.82 Å². The van der Waals surface area contributed by atoms with Gasteiger partial charge in [0.2, 0.25) is 0 Å². The number of benzene rings is 2. The number of rotatable bonds is 12. The highest BCUT2D eigenvalue weighted by molar-refractivity contribution is 8.01. The lowest BCUT2D eigenvalue weighted by atomic mass is 9.93. The zero-order chi connectivity index (χ0) is 55.7. The monoisotopic (exact) mass is 1120 g/mol. The number of carbonyl (C=O) groups excluding carboxylic acids is 3. The summed E-state index contributed by atoms with van der Waals surface area (Å²) >= 11 is 0. The molecule has 2 saturated heterocycles. The second kappa shape index (κ2) is 22.4. The van der Waals surface area contributed by atoms with E-state index in [4.69, 9.17) is 23.7 Å². The minimum absolute atomic E-state index is 0.0246. The summed E-state index contributed by atoms with van der Waals surface area (Å²) in [6.07, 6.45) is 11.5. The first-order chi connectivity index (χ1) is 36.1. The zero-order valence-corrected chi connectivity index (χ0v) is 47.2. The average Bonchev–Trinajstić information content (AvgIpc) is 4.24. The molecule has 2 aliphatic carbocycles. The molecule has 414 valence electrons. The van der Waals surface area contributed by atoms with Gasteiger partial charge in [0.15, 0.2) is 34.4 Å². The van der Waals surface area contributed by atoms with Crippen LogP contribution in [-0.2, 0) is 74.1 Å². The van der Waals surface area contributed by atoms with Gasteiger partial charge in [0, 0.05) is 67.8 Å². The minimum atomic E-state index is -3.79. The number of aromatic nitrogens is 6. The van der Waals surface area contributed by atoms with Gasteiger partial charge in [-0.1, -0.05) is 49.2 Å². The van der Waals surface area contributed by atoms with Crippen LogP contribution in [0.5, 0.6) is 0 Å². The van der Waals surface area contributed by atoms with Gasteiger partial charge >= 0.3 is 5.97 Å². The first-order valence-corrected chi connectivity index (χ1v) is 30.7. The fourth-order valence-electron chi connectivity index (χ4n) is 10.0. The second-order valence-corrected chi connectivity index (χ2v) is 28.0. The normalized spacial score (nSPS) is 20.9. The lowest BCUT2D eigenvalue weighted by Gasteiger charge is -2.21. The number of esters is 1. The van der Waals surface area contributed by atoms with E-state index in [9.17, 15) is 35.4 Å². The lowest BCUT2D eigenvalue weighted by molar-refractivity contribution is -0.155. The van der Waals surface area contributed by atoms with E-state index in [2.05, 4.69) is 25.3 Å². The van der Waals surface area contributed by atoms with Crippen LogP contribution in [-0.4, -0.2) is 134 Å². The van der Waals surface area contributed by atoms with Crippen molar-refractivity contribution in [1.29, 1.82) is 0 Å². The number of ketones is 2. The van der Waals surface area contributed by atoms with E-state index >= 15 is 0 Å². The largest absolute Gasteiger partial charge is 0.460 e. The summed E-state index contributed by atoms with van der Waals surface area (Å²) in [6.45, 7) is 15.7. The molecule has 2 aliphatic heterocycles. The molecule has 0 amide bonds. The van der Waals surface area contributed by atoms with Crippen molar-refractivity contribution in [3.63, 3.8) is 0 Å². The molecule has 4 atom stereocenters. The number of hydrogen-bond donors (Lipinski definition) is 1. The number of hydrogen-bond acceptors (Lipinski definition) is 18. The number of fused-ring (bicyclic) bond motifs is 2. The van der Waals surface area contributed by atoms with E-state index in [-0.39, 0.29) is 69.3 Å². The van der Waals surface area contributed by atoms with Gasteiger partial charge in [0.1, 0.15) is 22.5 Å². The van der Waals surface area contributed by atoms with Crippen LogP contribution in [0.15, 0.2) is 95.2 Å².